The van der Waals surface area contributed by atoms with Crippen molar-refractivity contribution in [1.82, 2.24) is 26.6 Å². The van der Waals surface area contributed by atoms with Gasteiger partial charge in [-0.3, -0.25) is 14.9 Å². The minimum absolute atomic E-state index is 0.127. The van der Waals surface area contributed by atoms with E-state index in [-0.39, 0.29) is 29.6 Å². The highest BCUT2D eigenvalue weighted by Crippen LogP contribution is 2.24. The molecule has 0 atom stereocenters. The zero-order chi connectivity index (χ0) is 26.6. The molecule has 0 saturated heterocycles. The number of carboxylic acids is 1. The Morgan fingerprint density at radius 1 is 0.853 bits per heavy atom. The van der Waals surface area contributed by atoms with E-state index in [1.807, 2.05) is 27.7 Å². The molecule has 0 heterocycles. The summed E-state index contributed by atoms with van der Waals surface area (Å²) in [6, 6.07) is 0. The van der Waals surface area contributed by atoms with E-state index in [0.29, 0.717) is 42.8 Å². The largest absolute Gasteiger partial charge is 0.481 e. The standard InChI is InChI=1S/C20H36N6O3S2.CH2N2/c1-19(2,12-15(27)26-14-21)6-10-24-17(30)22-8-5-9-23-18(31)25-11-7-20(3,4)13-16(28)29;2-1-3/h5-13H2,1-4H3,(H,26,27)(H,28,29)(H2,22,24,30)(H2,23,25,31);2H2. The number of nitriles is 2. The molecule has 11 nitrogen and oxygen atoms in total. The summed E-state index contributed by atoms with van der Waals surface area (Å²) < 4.78 is 0. The van der Waals surface area contributed by atoms with Crippen LogP contribution in [0.2, 0.25) is 0 Å². The Bertz CT molecular complexity index is 745. The number of hydrogen-bond donors (Lipinski definition) is 7. The van der Waals surface area contributed by atoms with E-state index in [9.17, 15) is 9.59 Å². The van der Waals surface area contributed by atoms with Crippen LogP contribution in [0.5, 0.6) is 0 Å². The van der Waals surface area contributed by atoms with Crippen LogP contribution in [0.15, 0.2) is 0 Å². The fraction of sp³-hybridized carbons (Fsp3) is 0.714. The molecule has 0 aromatic heterocycles. The van der Waals surface area contributed by atoms with Crippen molar-refractivity contribution in [2.45, 2.75) is 59.8 Å². The van der Waals surface area contributed by atoms with Crippen LogP contribution >= 0.6 is 24.4 Å². The number of rotatable bonds is 14. The van der Waals surface area contributed by atoms with Crippen molar-refractivity contribution in [2.24, 2.45) is 16.6 Å². The van der Waals surface area contributed by atoms with Crippen molar-refractivity contribution >= 4 is 46.5 Å². The van der Waals surface area contributed by atoms with Crippen LogP contribution in [0.4, 0.5) is 0 Å². The number of nitrogens with zero attached hydrogens (tertiary/aromatic N) is 2. The topological polar surface area (TPSA) is 188 Å². The highest BCUT2D eigenvalue weighted by atomic mass is 32.1. The normalized spacial score (nSPS) is 10.3. The molecule has 34 heavy (non-hydrogen) atoms. The van der Waals surface area contributed by atoms with E-state index in [1.165, 1.54) is 6.19 Å². The van der Waals surface area contributed by atoms with E-state index in [2.05, 4.69) is 32.3 Å². The summed E-state index contributed by atoms with van der Waals surface area (Å²) in [4.78, 5) is 22.3. The van der Waals surface area contributed by atoms with Crippen LogP contribution in [0.1, 0.15) is 59.8 Å². The Morgan fingerprint density at radius 3 is 1.62 bits per heavy atom. The Labute approximate surface area is 213 Å². The van der Waals surface area contributed by atoms with Gasteiger partial charge in [-0.25, -0.2) is 0 Å². The fourth-order valence-corrected chi connectivity index (χ4v) is 3.18. The number of aliphatic carboxylic acids is 1. The number of amides is 1. The van der Waals surface area contributed by atoms with Crippen molar-refractivity contribution in [2.75, 3.05) is 26.2 Å². The van der Waals surface area contributed by atoms with Crippen LogP contribution < -0.4 is 32.3 Å². The molecule has 1 amide bonds. The zero-order valence-electron chi connectivity index (χ0n) is 20.4. The molecule has 0 spiro atoms. The number of carboxylic acid groups (broad SMARTS) is 1. The molecule has 13 heteroatoms. The maximum Gasteiger partial charge on any atom is 0.303 e. The Kier molecular flexibility index (Phi) is 18.1. The second-order valence-corrected chi connectivity index (χ2v) is 9.90. The van der Waals surface area contributed by atoms with Gasteiger partial charge in [0.1, 0.15) is 0 Å². The molecule has 0 aliphatic heterocycles. The van der Waals surface area contributed by atoms with Crippen molar-refractivity contribution in [3.63, 3.8) is 0 Å². The van der Waals surface area contributed by atoms with Gasteiger partial charge in [-0.05, 0) is 54.5 Å². The first-order valence-electron chi connectivity index (χ1n) is 10.8. The SMILES string of the molecule is CC(C)(CCNC(=S)NCCCNC(=S)NCCC(C)(C)CC(=O)NC#N)CC(=O)O.N#CN. The lowest BCUT2D eigenvalue weighted by atomic mass is 9.85. The third-order valence-electron chi connectivity index (χ3n) is 4.56. The molecular formula is C21H38N8O3S2. The molecule has 0 aliphatic carbocycles. The summed E-state index contributed by atoms with van der Waals surface area (Å²) in [6.45, 7) is 10.4. The summed E-state index contributed by atoms with van der Waals surface area (Å²) in [7, 11) is 0. The molecule has 192 valence electrons. The second-order valence-electron chi connectivity index (χ2n) is 9.08. The molecule has 0 aromatic carbocycles. The van der Waals surface area contributed by atoms with Crippen LogP contribution in [-0.2, 0) is 9.59 Å². The molecule has 0 fully saturated rings. The molecule has 0 saturated carbocycles. The third kappa shape index (κ3) is 22.3. The van der Waals surface area contributed by atoms with Crippen LogP contribution in [0.3, 0.4) is 0 Å². The molecule has 0 bridgehead atoms. The molecule has 0 radical (unpaired) electrons. The average molecular weight is 515 g/mol. The molecule has 0 aliphatic rings. The van der Waals surface area contributed by atoms with Crippen molar-refractivity contribution in [3.8, 4) is 12.4 Å². The van der Waals surface area contributed by atoms with Gasteiger partial charge < -0.3 is 32.1 Å². The first kappa shape index (κ1) is 33.3. The van der Waals surface area contributed by atoms with Gasteiger partial charge in [0.05, 0.1) is 6.42 Å². The quantitative estimate of drug-likeness (QED) is 0.0755. The van der Waals surface area contributed by atoms with E-state index >= 15 is 0 Å². The first-order chi connectivity index (χ1) is 15.8. The van der Waals surface area contributed by atoms with Gasteiger partial charge in [0.2, 0.25) is 5.91 Å². The maximum absolute atomic E-state index is 11.5. The molecular weight excluding hydrogens is 476 g/mol. The van der Waals surface area contributed by atoms with E-state index in [0.717, 1.165) is 12.8 Å². The van der Waals surface area contributed by atoms with Gasteiger partial charge in [0, 0.05) is 32.6 Å². The highest BCUT2D eigenvalue weighted by molar-refractivity contribution is 7.80. The number of carbonyl (C=O) groups is 2. The summed E-state index contributed by atoms with van der Waals surface area (Å²) in [5.41, 5.74) is 3.64. The molecule has 0 rings (SSSR count). The Hall–Kier alpha value is -2.90. The van der Waals surface area contributed by atoms with Gasteiger partial charge in [0.25, 0.3) is 0 Å². The maximum atomic E-state index is 11.5. The van der Waals surface area contributed by atoms with Gasteiger partial charge in [-0.15, -0.1) is 0 Å². The zero-order valence-corrected chi connectivity index (χ0v) is 22.0. The van der Waals surface area contributed by atoms with Crippen molar-refractivity contribution in [1.29, 1.82) is 10.5 Å². The van der Waals surface area contributed by atoms with Gasteiger partial charge in [-0.1, -0.05) is 27.7 Å². The summed E-state index contributed by atoms with van der Waals surface area (Å²) in [5, 5.41) is 40.2. The van der Waals surface area contributed by atoms with Crippen molar-refractivity contribution in [3.05, 3.63) is 0 Å². The summed E-state index contributed by atoms with van der Waals surface area (Å²) in [5.74, 6) is -1.07. The lowest BCUT2D eigenvalue weighted by molar-refractivity contribution is -0.139. The van der Waals surface area contributed by atoms with Crippen LogP contribution in [0, 0.1) is 33.7 Å². The van der Waals surface area contributed by atoms with Crippen LogP contribution in [-0.4, -0.2) is 53.4 Å². The van der Waals surface area contributed by atoms with Crippen LogP contribution in [0.25, 0.3) is 0 Å². The Balaban J connectivity index is 0. The smallest absolute Gasteiger partial charge is 0.303 e. The number of nitrogens with one attached hydrogen (secondary N) is 5. The number of carbonyl (C=O) groups excluding carboxylic acids is 1. The van der Waals surface area contributed by atoms with Crippen molar-refractivity contribution < 1.29 is 14.7 Å². The molecule has 8 N–H and O–H groups in total. The lowest BCUT2D eigenvalue weighted by Crippen LogP contribution is -2.40. The molecule has 0 aromatic rings. The predicted molar refractivity (Wildman–Crippen MR) is 139 cm³/mol. The number of hydrogen-bond acceptors (Lipinski definition) is 7. The minimum atomic E-state index is -0.794. The fourth-order valence-electron chi connectivity index (χ4n) is 2.77. The van der Waals surface area contributed by atoms with E-state index in [1.54, 1.807) is 6.19 Å². The average Bonchev–Trinajstić information content (AvgIpc) is 2.66. The third-order valence-corrected chi connectivity index (χ3v) is 5.14. The second kappa shape index (κ2) is 18.5. The number of thiocarbonyl (C=S) groups is 2. The minimum Gasteiger partial charge on any atom is -0.481 e. The van der Waals surface area contributed by atoms with E-state index in [4.69, 9.17) is 40.1 Å². The van der Waals surface area contributed by atoms with Gasteiger partial charge >= 0.3 is 5.97 Å². The predicted octanol–water partition coefficient (Wildman–Crippen LogP) is 1.03. The summed E-state index contributed by atoms with van der Waals surface area (Å²) in [6.07, 6.45) is 5.56. The van der Waals surface area contributed by atoms with Gasteiger partial charge in [-0.2, -0.15) is 10.5 Å². The Morgan fingerprint density at radius 2 is 1.24 bits per heavy atom. The first-order valence-corrected chi connectivity index (χ1v) is 11.6. The van der Waals surface area contributed by atoms with E-state index < -0.39 is 5.97 Å². The number of nitrogens with two attached hydrogens (primary N) is 1. The highest BCUT2D eigenvalue weighted by Gasteiger charge is 2.22. The summed E-state index contributed by atoms with van der Waals surface area (Å²) >= 11 is 10.5. The van der Waals surface area contributed by atoms with Gasteiger partial charge in [0.15, 0.2) is 22.6 Å². The monoisotopic (exact) mass is 514 g/mol. The lowest BCUT2D eigenvalue weighted by Gasteiger charge is -2.23. The molecule has 0 unspecified atom stereocenters.